The first-order chi connectivity index (χ1) is 9.93. The molecule has 0 aromatic carbocycles. The summed E-state index contributed by atoms with van der Waals surface area (Å²) in [6, 6.07) is 0. The number of ether oxygens (including phenoxy) is 1. The van der Waals surface area contributed by atoms with Gasteiger partial charge in [-0.2, -0.15) is 0 Å². The largest absolute Gasteiger partial charge is 0.469 e. The van der Waals surface area contributed by atoms with Crippen molar-refractivity contribution in [1.29, 1.82) is 5.41 Å². The van der Waals surface area contributed by atoms with Gasteiger partial charge in [-0.1, -0.05) is 0 Å². The molecule has 0 bridgehead atoms. The van der Waals surface area contributed by atoms with Gasteiger partial charge in [0.15, 0.2) is 0 Å². The van der Waals surface area contributed by atoms with E-state index in [-0.39, 0.29) is 31.1 Å². The van der Waals surface area contributed by atoms with Gasteiger partial charge in [0.25, 0.3) is 0 Å². The fourth-order valence-electron chi connectivity index (χ4n) is 1.94. The summed E-state index contributed by atoms with van der Waals surface area (Å²) in [6.07, 6.45) is 0.0223. The van der Waals surface area contributed by atoms with Crippen LogP contribution >= 0.6 is 0 Å². The van der Waals surface area contributed by atoms with E-state index in [9.17, 15) is 14.4 Å². The summed E-state index contributed by atoms with van der Waals surface area (Å²) in [7, 11) is 1.22. The second-order valence-electron chi connectivity index (χ2n) is 4.63. The van der Waals surface area contributed by atoms with Gasteiger partial charge in [0.1, 0.15) is 5.84 Å². The SMILES string of the molecule is COC(=O)CCC(=O)ONC(=N)C1CCCN(C(=O)O)C1. The second-order valence-corrected chi connectivity index (χ2v) is 4.63. The van der Waals surface area contributed by atoms with Gasteiger partial charge in [-0.3, -0.25) is 10.2 Å². The van der Waals surface area contributed by atoms with Crippen LogP contribution in [0.3, 0.4) is 0 Å². The van der Waals surface area contributed by atoms with Crippen LogP contribution in [0.2, 0.25) is 0 Å². The molecule has 1 unspecified atom stereocenters. The summed E-state index contributed by atoms with van der Waals surface area (Å²) in [5.41, 5.74) is 2.22. The highest BCUT2D eigenvalue weighted by Gasteiger charge is 2.26. The van der Waals surface area contributed by atoms with Crippen molar-refractivity contribution >= 4 is 23.9 Å². The summed E-state index contributed by atoms with van der Waals surface area (Å²) in [6.45, 7) is 0.638. The van der Waals surface area contributed by atoms with Gasteiger partial charge >= 0.3 is 18.0 Å². The molecule has 0 spiro atoms. The Morgan fingerprint density at radius 2 is 2.00 bits per heavy atom. The maximum Gasteiger partial charge on any atom is 0.407 e. The Bertz CT molecular complexity index is 425. The molecular weight excluding hydrogens is 282 g/mol. The lowest BCUT2D eigenvalue weighted by molar-refractivity contribution is -0.152. The Kier molecular flexibility index (Phi) is 6.44. The molecule has 0 aromatic heterocycles. The van der Waals surface area contributed by atoms with Crippen LogP contribution < -0.4 is 5.48 Å². The van der Waals surface area contributed by atoms with Crippen LogP contribution in [0.25, 0.3) is 0 Å². The van der Waals surface area contributed by atoms with Gasteiger partial charge in [0.05, 0.1) is 20.0 Å². The number of hydroxylamine groups is 1. The Hall–Kier alpha value is -2.32. The Morgan fingerprint density at radius 3 is 2.62 bits per heavy atom. The van der Waals surface area contributed by atoms with Crippen molar-refractivity contribution in [3.8, 4) is 0 Å². The first kappa shape index (κ1) is 16.7. The minimum absolute atomic E-state index is 0.0487. The molecule has 1 amide bonds. The zero-order valence-corrected chi connectivity index (χ0v) is 11.8. The molecule has 118 valence electrons. The van der Waals surface area contributed by atoms with Crippen LogP contribution in [0.5, 0.6) is 0 Å². The van der Waals surface area contributed by atoms with E-state index in [0.29, 0.717) is 19.4 Å². The molecule has 1 aliphatic heterocycles. The van der Waals surface area contributed by atoms with Crippen LogP contribution in [-0.4, -0.2) is 54.1 Å². The number of piperidine rings is 1. The molecule has 0 aromatic rings. The molecule has 9 nitrogen and oxygen atoms in total. The number of carboxylic acid groups (broad SMARTS) is 1. The minimum atomic E-state index is -1.03. The van der Waals surface area contributed by atoms with Crippen molar-refractivity contribution in [2.75, 3.05) is 20.2 Å². The minimum Gasteiger partial charge on any atom is -0.469 e. The predicted octanol–water partition coefficient (Wildman–Crippen LogP) is 0.355. The number of amidine groups is 1. The monoisotopic (exact) mass is 301 g/mol. The maximum absolute atomic E-state index is 11.3. The first-order valence-electron chi connectivity index (χ1n) is 6.52. The normalized spacial score (nSPS) is 17.8. The van der Waals surface area contributed by atoms with Gasteiger partial charge < -0.3 is 19.6 Å². The topological polar surface area (TPSA) is 129 Å². The smallest absolute Gasteiger partial charge is 0.407 e. The van der Waals surface area contributed by atoms with Crippen LogP contribution in [0, 0.1) is 11.3 Å². The van der Waals surface area contributed by atoms with Gasteiger partial charge in [-0.05, 0) is 12.8 Å². The van der Waals surface area contributed by atoms with Crippen LogP contribution in [-0.2, 0) is 19.2 Å². The van der Waals surface area contributed by atoms with Crippen molar-refractivity contribution in [1.82, 2.24) is 10.4 Å². The number of nitrogens with zero attached hydrogens (tertiary/aromatic N) is 1. The third-order valence-electron chi connectivity index (χ3n) is 3.14. The lowest BCUT2D eigenvalue weighted by Gasteiger charge is -2.30. The molecule has 1 rings (SSSR count). The molecule has 1 fully saturated rings. The summed E-state index contributed by atoms with van der Waals surface area (Å²) in [4.78, 5) is 38.9. The van der Waals surface area contributed by atoms with Gasteiger partial charge in [0, 0.05) is 19.0 Å². The van der Waals surface area contributed by atoms with E-state index in [1.165, 1.54) is 12.0 Å². The molecule has 0 radical (unpaired) electrons. The summed E-state index contributed by atoms with van der Waals surface area (Å²) < 4.78 is 4.39. The van der Waals surface area contributed by atoms with Crippen molar-refractivity contribution in [2.24, 2.45) is 5.92 Å². The molecule has 1 saturated heterocycles. The number of carbonyl (C=O) groups excluding carboxylic acids is 2. The lowest BCUT2D eigenvalue weighted by Crippen LogP contribution is -2.45. The zero-order valence-electron chi connectivity index (χ0n) is 11.8. The number of esters is 1. The Balaban J connectivity index is 2.31. The molecule has 1 aliphatic rings. The summed E-state index contributed by atoms with van der Waals surface area (Å²) in [5, 5.41) is 16.7. The quantitative estimate of drug-likeness (QED) is 0.296. The molecule has 0 saturated carbocycles. The summed E-state index contributed by atoms with van der Waals surface area (Å²) in [5.74, 6) is -1.59. The molecule has 9 heteroatoms. The average Bonchev–Trinajstić information content (AvgIpc) is 2.50. The number of likely N-dealkylation sites (tertiary alicyclic amines) is 1. The third-order valence-corrected chi connectivity index (χ3v) is 3.14. The maximum atomic E-state index is 11.3. The van der Waals surface area contributed by atoms with E-state index in [4.69, 9.17) is 10.5 Å². The Labute approximate surface area is 121 Å². The number of hydrogen-bond acceptors (Lipinski definition) is 6. The molecule has 3 N–H and O–H groups in total. The van der Waals surface area contributed by atoms with E-state index in [1.807, 2.05) is 0 Å². The van der Waals surface area contributed by atoms with Crippen LogP contribution in [0.15, 0.2) is 0 Å². The number of amides is 1. The van der Waals surface area contributed by atoms with E-state index >= 15 is 0 Å². The lowest BCUT2D eigenvalue weighted by atomic mass is 9.97. The molecule has 21 heavy (non-hydrogen) atoms. The number of nitrogens with one attached hydrogen (secondary N) is 2. The highest BCUT2D eigenvalue weighted by molar-refractivity contribution is 5.84. The molecule has 1 heterocycles. The van der Waals surface area contributed by atoms with Crippen molar-refractivity contribution in [3.63, 3.8) is 0 Å². The third kappa shape index (κ3) is 5.67. The van der Waals surface area contributed by atoms with E-state index in [0.717, 1.165) is 0 Å². The van der Waals surface area contributed by atoms with E-state index in [1.54, 1.807) is 0 Å². The number of rotatable bonds is 4. The zero-order chi connectivity index (χ0) is 15.8. The molecular formula is C12H19N3O6. The van der Waals surface area contributed by atoms with Crippen molar-refractivity contribution < 1.29 is 29.1 Å². The Morgan fingerprint density at radius 1 is 1.33 bits per heavy atom. The van der Waals surface area contributed by atoms with E-state index in [2.05, 4.69) is 15.1 Å². The number of methoxy groups -OCH3 is 1. The molecule has 1 atom stereocenters. The fraction of sp³-hybridized carbons (Fsp3) is 0.667. The van der Waals surface area contributed by atoms with Gasteiger partial charge in [0.2, 0.25) is 0 Å². The molecule has 0 aliphatic carbocycles. The fourth-order valence-corrected chi connectivity index (χ4v) is 1.94. The predicted molar refractivity (Wildman–Crippen MR) is 70.5 cm³/mol. The van der Waals surface area contributed by atoms with Crippen LogP contribution in [0.4, 0.5) is 4.79 Å². The standard InChI is InChI=1S/C12H19N3O6/c1-20-9(16)4-5-10(17)21-14-11(13)8-3-2-6-15(7-8)12(18)19/h8H,2-7H2,1H3,(H2,13,14)(H,18,19). The van der Waals surface area contributed by atoms with Crippen molar-refractivity contribution in [3.05, 3.63) is 0 Å². The van der Waals surface area contributed by atoms with Crippen LogP contribution in [0.1, 0.15) is 25.7 Å². The highest BCUT2D eigenvalue weighted by atomic mass is 16.7. The second kappa shape index (κ2) is 8.08. The number of hydrogen-bond donors (Lipinski definition) is 3. The average molecular weight is 301 g/mol. The van der Waals surface area contributed by atoms with Crippen molar-refractivity contribution in [2.45, 2.75) is 25.7 Å². The van der Waals surface area contributed by atoms with Gasteiger partial charge in [-0.15, -0.1) is 0 Å². The van der Waals surface area contributed by atoms with E-state index < -0.39 is 18.0 Å². The highest BCUT2D eigenvalue weighted by Crippen LogP contribution is 2.16. The summed E-state index contributed by atoms with van der Waals surface area (Å²) >= 11 is 0. The number of carbonyl (C=O) groups is 3. The first-order valence-corrected chi connectivity index (χ1v) is 6.52. The van der Waals surface area contributed by atoms with Gasteiger partial charge in [-0.25, -0.2) is 15.1 Å².